The lowest BCUT2D eigenvalue weighted by Crippen LogP contribution is -2.30. The molecule has 2 nitrogen and oxygen atoms in total. The van der Waals surface area contributed by atoms with Crippen molar-refractivity contribution < 1.29 is 0 Å². The van der Waals surface area contributed by atoms with Gasteiger partial charge in [-0.25, -0.2) is 4.98 Å². The number of fused-ring (bicyclic) bond motifs is 1. The highest BCUT2D eigenvalue weighted by atomic mass is 35.5. The first-order chi connectivity index (χ1) is 11.8. The molecule has 0 bridgehead atoms. The Bertz CT molecular complexity index is 839. The molecule has 25 heavy (non-hydrogen) atoms. The number of piperidine rings is 1. The van der Waals surface area contributed by atoms with Gasteiger partial charge in [-0.1, -0.05) is 36.4 Å². The summed E-state index contributed by atoms with van der Waals surface area (Å²) in [6.45, 7) is 4.50. The van der Waals surface area contributed by atoms with Crippen molar-refractivity contribution >= 4 is 29.1 Å². The van der Waals surface area contributed by atoms with Crippen molar-refractivity contribution in [3.63, 3.8) is 0 Å². The van der Waals surface area contributed by atoms with E-state index in [9.17, 15) is 0 Å². The first-order valence-corrected chi connectivity index (χ1v) is 8.99. The summed E-state index contributed by atoms with van der Waals surface area (Å²) in [6, 6.07) is 19.6. The lowest BCUT2D eigenvalue weighted by Gasteiger charge is -2.28. The van der Waals surface area contributed by atoms with Crippen LogP contribution in [0.2, 0.25) is 0 Å². The van der Waals surface area contributed by atoms with Gasteiger partial charge in [-0.3, -0.25) is 0 Å². The van der Waals surface area contributed by atoms with Crippen molar-refractivity contribution in [3.05, 3.63) is 71.3 Å². The van der Waals surface area contributed by atoms with E-state index in [1.54, 1.807) is 0 Å². The summed E-state index contributed by atoms with van der Waals surface area (Å²) in [5.74, 6) is 1.15. The Kier molecular flexibility index (Phi) is 5.60. The zero-order valence-electron chi connectivity index (χ0n) is 14.7. The summed E-state index contributed by atoms with van der Waals surface area (Å²) in [7, 11) is 0. The fraction of sp³-hybridized carbons (Fsp3) is 0.318. The lowest BCUT2D eigenvalue weighted by atomic mass is 10.0. The van der Waals surface area contributed by atoms with Crippen molar-refractivity contribution in [2.24, 2.45) is 0 Å². The van der Waals surface area contributed by atoms with Gasteiger partial charge in [0.15, 0.2) is 0 Å². The predicted molar refractivity (Wildman–Crippen MR) is 109 cm³/mol. The number of benzene rings is 2. The average molecular weight is 353 g/mol. The Balaban J connectivity index is 0.00000182. The van der Waals surface area contributed by atoms with Gasteiger partial charge in [-0.05, 0) is 67.5 Å². The Morgan fingerprint density at radius 3 is 2.40 bits per heavy atom. The number of anilines is 1. The zero-order valence-corrected chi connectivity index (χ0v) is 15.6. The van der Waals surface area contributed by atoms with Gasteiger partial charge in [-0.15, -0.1) is 12.4 Å². The van der Waals surface area contributed by atoms with E-state index in [0.717, 1.165) is 30.8 Å². The molecule has 2 aromatic carbocycles. The molecule has 0 saturated carbocycles. The van der Waals surface area contributed by atoms with Gasteiger partial charge in [0.05, 0.1) is 5.52 Å². The molecular formula is C22H25ClN2. The minimum Gasteiger partial charge on any atom is -0.357 e. The Morgan fingerprint density at radius 2 is 1.64 bits per heavy atom. The number of hydrogen-bond acceptors (Lipinski definition) is 2. The molecule has 0 atom stereocenters. The first-order valence-electron chi connectivity index (χ1n) is 8.99. The molecule has 2 heterocycles. The number of rotatable bonds is 3. The normalized spacial score (nSPS) is 14.4. The van der Waals surface area contributed by atoms with Crippen LogP contribution >= 0.6 is 12.4 Å². The molecule has 0 aliphatic carbocycles. The summed E-state index contributed by atoms with van der Waals surface area (Å²) < 4.78 is 0. The molecule has 4 rings (SSSR count). The molecule has 1 aromatic heterocycles. The van der Waals surface area contributed by atoms with Crippen LogP contribution in [-0.4, -0.2) is 18.1 Å². The summed E-state index contributed by atoms with van der Waals surface area (Å²) in [6.07, 6.45) is 4.90. The van der Waals surface area contributed by atoms with Gasteiger partial charge >= 0.3 is 0 Å². The molecule has 0 spiro atoms. The van der Waals surface area contributed by atoms with Crippen LogP contribution < -0.4 is 4.90 Å². The van der Waals surface area contributed by atoms with E-state index in [2.05, 4.69) is 66.4 Å². The summed E-state index contributed by atoms with van der Waals surface area (Å²) in [4.78, 5) is 7.37. The number of aryl methyl sites for hydroxylation is 1. The first kappa shape index (κ1) is 17.8. The molecule has 3 heteroatoms. The third-order valence-electron chi connectivity index (χ3n) is 5.00. The highest BCUT2D eigenvalue weighted by Gasteiger charge is 2.14. The van der Waals surface area contributed by atoms with Crippen LogP contribution in [0.1, 0.15) is 36.0 Å². The smallest absolute Gasteiger partial charge is 0.129 e. The van der Waals surface area contributed by atoms with E-state index in [1.165, 1.54) is 41.3 Å². The minimum atomic E-state index is 0. The van der Waals surface area contributed by atoms with Crippen LogP contribution in [0.4, 0.5) is 5.82 Å². The van der Waals surface area contributed by atoms with Crippen LogP contribution in [0, 0.1) is 6.92 Å². The van der Waals surface area contributed by atoms with E-state index in [0.29, 0.717) is 0 Å². The molecule has 130 valence electrons. The van der Waals surface area contributed by atoms with Gasteiger partial charge in [0.1, 0.15) is 5.82 Å². The van der Waals surface area contributed by atoms with Gasteiger partial charge in [-0.2, -0.15) is 0 Å². The second-order valence-corrected chi connectivity index (χ2v) is 6.86. The lowest BCUT2D eigenvalue weighted by molar-refractivity contribution is 0.574. The van der Waals surface area contributed by atoms with Crippen LogP contribution in [-0.2, 0) is 6.42 Å². The van der Waals surface area contributed by atoms with Crippen molar-refractivity contribution in [1.29, 1.82) is 0 Å². The highest BCUT2D eigenvalue weighted by molar-refractivity contribution is 5.85. The van der Waals surface area contributed by atoms with E-state index in [4.69, 9.17) is 4.98 Å². The van der Waals surface area contributed by atoms with E-state index < -0.39 is 0 Å². The largest absolute Gasteiger partial charge is 0.357 e. The maximum Gasteiger partial charge on any atom is 0.129 e. The average Bonchev–Trinajstić information content (AvgIpc) is 2.64. The summed E-state index contributed by atoms with van der Waals surface area (Å²) >= 11 is 0. The second-order valence-electron chi connectivity index (χ2n) is 6.86. The quantitative estimate of drug-likeness (QED) is 0.614. The van der Waals surface area contributed by atoms with Crippen molar-refractivity contribution in [2.45, 2.75) is 32.6 Å². The maximum absolute atomic E-state index is 4.93. The number of pyridine rings is 1. The monoisotopic (exact) mass is 352 g/mol. The number of aromatic nitrogens is 1. The van der Waals surface area contributed by atoms with Gasteiger partial charge in [0.25, 0.3) is 0 Å². The Hall–Kier alpha value is -2.06. The predicted octanol–water partition coefficient (Wildman–Crippen LogP) is 5.55. The molecule has 1 aliphatic rings. The molecule has 0 radical (unpaired) electrons. The van der Waals surface area contributed by atoms with Gasteiger partial charge in [0, 0.05) is 18.5 Å². The molecule has 0 unspecified atom stereocenters. The molecular weight excluding hydrogens is 328 g/mol. The van der Waals surface area contributed by atoms with E-state index in [1.807, 2.05) is 0 Å². The standard InChI is InChI=1S/C22H24N2.ClH/c1-17-14-22(24-12-6-3-7-13-24)23-21-11-10-19(16-20(17)21)15-18-8-4-2-5-9-18;/h2,4-5,8-11,14,16H,3,6-7,12-13,15H2,1H3;1H. The third kappa shape index (κ3) is 3.96. The number of nitrogens with zero attached hydrogens (tertiary/aromatic N) is 2. The molecule has 3 aromatic rings. The molecule has 0 N–H and O–H groups in total. The zero-order chi connectivity index (χ0) is 16.4. The van der Waals surface area contributed by atoms with Crippen molar-refractivity contribution in [2.75, 3.05) is 18.0 Å². The van der Waals surface area contributed by atoms with Crippen LogP contribution in [0.5, 0.6) is 0 Å². The van der Waals surface area contributed by atoms with Crippen LogP contribution in [0.25, 0.3) is 10.9 Å². The van der Waals surface area contributed by atoms with Crippen molar-refractivity contribution in [3.8, 4) is 0 Å². The maximum atomic E-state index is 4.93. The number of halogens is 1. The molecule has 0 amide bonds. The SMILES string of the molecule is Cc1cc(N2CCCCC2)nc2ccc(Cc3ccccc3)cc12.Cl. The van der Waals surface area contributed by atoms with Gasteiger partial charge < -0.3 is 4.90 Å². The topological polar surface area (TPSA) is 16.1 Å². The van der Waals surface area contributed by atoms with E-state index >= 15 is 0 Å². The van der Waals surface area contributed by atoms with Gasteiger partial charge in [0.2, 0.25) is 0 Å². The highest BCUT2D eigenvalue weighted by Crippen LogP contribution is 2.26. The summed E-state index contributed by atoms with van der Waals surface area (Å²) in [5.41, 5.74) is 5.15. The Labute approximate surface area is 156 Å². The van der Waals surface area contributed by atoms with Crippen LogP contribution in [0.3, 0.4) is 0 Å². The Morgan fingerprint density at radius 1 is 0.880 bits per heavy atom. The fourth-order valence-electron chi connectivity index (χ4n) is 3.65. The molecule has 1 aliphatic heterocycles. The third-order valence-corrected chi connectivity index (χ3v) is 5.00. The molecule has 1 fully saturated rings. The second kappa shape index (κ2) is 7.88. The molecule has 1 saturated heterocycles. The van der Waals surface area contributed by atoms with Crippen molar-refractivity contribution in [1.82, 2.24) is 4.98 Å². The van der Waals surface area contributed by atoms with Crippen LogP contribution in [0.15, 0.2) is 54.6 Å². The summed E-state index contributed by atoms with van der Waals surface area (Å²) in [5, 5.41) is 1.28. The van der Waals surface area contributed by atoms with E-state index in [-0.39, 0.29) is 12.4 Å². The minimum absolute atomic E-state index is 0. The fourth-order valence-corrected chi connectivity index (χ4v) is 3.65. The number of hydrogen-bond donors (Lipinski definition) is 0.